The van der Waals surface area contributed by atoms with E-state index >= 15 is 0 Å². The van der Waals surface area contributed by atoms with E-state index in [1.54, 1.807) is 0 Å². The van der Waals surface area contributed by atoms with E-state index in [-0.39, 0.29) is 12.0 Å². The van der Waals surface area contributed by atoms with Gasteiger partial charge >= 0.3 is 0 Å². The van der Waals surface area contributed by atoms with Crippen molar-refractivity contribution in [2.45, 2.75) is 62.9 Å². The lowest BCUT2D eigenvalue weighted by Gasteiger charge is -2.59. The molecule has 2 radical (unpaired) electrons. The first-order chi connectivity index (χ1) is 10.8. The van der Waals surface area contributed by atoms with Gasteiger partial charge < -0.3 is 24.4 Å². The second-order valence-electron chi connectivity index (χ2n) is 8.22. The normalized spacial score (nSPS) is 54.3. The van der Waals surface area contributed by atoms with Gasteiger partial charge in [-0.15, -0.1) is 0 Å². The zero-order valence-corrected chi connectivity index (χ0v) is 14.0. The van der Waals surface area contributed by atoms with Gasteiger partial charge in [-0.25, -0.2) is 0 Å². The molecular formula is C15H24BO6P. The van der Waals surface area contributed by atoms with E-state index in [1.807, 2.05) is 0 Å². The monoisotopic (exact) mass is 342 g/mol. The van der Waals surface area contributed by atoms with Crippen molar-refractivity contribution in [3.63, 3.8) is 0 Å². The minimum absolute atomic E-state index is 0.0600. The zero-order chi connectivity index (χ0) is 16.4. The van der Waals surface area contributed by atoms with Crippen molar-refractivity contribution in [3.05, 3.63) is 0 Å². The maximum absolute atomic E-state index is 11.1. The predicted molar refractivity (Wildman–Crippen MR) is 82.8 cm³/mol. The Morgan fingerprint density at radius 3 is 2.09 bits per heavy atom. The Labute approximate surface area is 137 Å². The van der Waals surface area contributed by atoms with Crippen LogP contribution >= 0.6 is 7.47 Å². The fourth-order valence-corrected chi connectivity index (χ4v) is 6.46. The number of hydrogen-bond acceptors (Lipinski definition) is 5. The molecule has 5 unspecified atom stereocenters. The average molecular weight is 342 g/mol. The molecule has 5 atom stereocenters. The van der Waals surface area contributed by atoms with Crippen LogP contribution in [0.2, 0.25) is 0 Å². The third kappa shape index (κ3) is 2.94. The Bertz CT molecular complexity index is 487. The topological polar surface area (TPSA) is 96.2 Å². The van der Waals surface area contributed by atoms with Gasteiger partial charge in [-0.05, 0) is 56.3 Å². The second-order valence-corrected chi connectivity index (χ2v) is 9.60. The van der Waals surface area contributed by atoms with E-state index in [0.29, 0.717) is 17.8 Å². The Hall–Kier alpha value is 0.0949. The first-order valence-electron chi connectivity index (χ1n) is 8.53. The molecule has 23 heavy (non-hydrogen) atoms. The molecule has 4 aliphatic carbocycles. The number of aliphatic hydroxyl groups excluding tert-OH is 2. The van der Waals surface area contributed by atoms with Crippen molar-refractivity contribution in [3.8, 4) is 0 Å². The molecule has 1 aliphatic heterocycles. The number of rotatable bonds is 4. The Morgan fingerprint density at radius 2 is 1.61 bits per heavy atom. The quantitative estimate of drug-likeness (QED) is 0.521. The minimum atomic E-state index is -4.11. The summed E-state index contributed by atoms with van der Waals surface area (Å²) in [5.41, 5.74) is -0.0600. The third-order valence-electron chi connectivity index (χ3n) is 6.48. The maximum Gasteiger partial charge on any atom is 0.261 e. The smallest absolute Gasteiger partial charge is 0.261 e. The average Bonchev–Trinajstić information content (AvgIpc) is 2.71. The molecule has 5 fully saturated rings. The minimum Gasteiger partial charge on any atom is -0.388 e. The van der Waals surface area contributed by atoms with Crippen LogP contribution in [-0.2, 0) is 13.8 Å². The van der Waals surface area contributed by atoms with Crippen molar-refractivity contribution >= 4 is 15.0 Å². The summed E-state index contributed by atoms with van der Waals surface area (Å²) < 4.78 is 21.7. The molecule has 1 saturated heterocycles. The summed E-state index contributed by atoms with van der Waals surface area (Å²) in [7, 11) is 0.849. The van der Waals surface area contributed by atoms with E-state index in [0.717, 1.165) is 19.3 Å². The van der Waals surface area contributed by atoms with Crippen molar-refractivity contribution in [1.29, 1.82) is 0 Å². The van der Waals surface area contributed by atoms with Crippen LogP contribution in [0.15, 0.2) is 0 Å². The molecule has 0 aromatic carbocycles. The van der Waals surface area contributed by atoms with Crippen molar-refractivity contribution in [2.24, 2.45) is 23.2 Å². The fourth-order valence-electron chi connectivity index (χ4n) is 6.10. The molecular weight excluding hydrogens is 318 g/mol. The molecule has 0 amide bonds. The van der Waals surface area contributed by atoms with E-state index in [9.17, 15) is 14.8 Å². The van der Waals surface area contributed by atoms with Gasteiger partial charge in [0.05, 0.1) is 12.7 Å². The summed E-state index contributed by atoms with van der Waals surface area (Å²) in [6, 6.07) is 0. The molecule has 1 heterocycles. The largest absolute Gasteiger partial charge is 0.388 e. The summed E-state index contributed by atoms with van der Waals surface area (Å²) in [6.45, 7) is -0.286. The molecule has 0 aromatic rings. The Kier molecular flexibility index (Phi) is 3.99. The van der Waals surface area contributed by atoms with Crippen LogP contribution in [0, 0.1) is 23.2 Å². The number of ether oxygens (including phenoxy) is 1. The molecule has 3 N–H and O–H groups in total. The number of hydrogen-bond donors (Lipinski definition) is 3. The highest BCUT2D eigenvalue weighted by Crippen LogP contribution is 2.63. The van der Waals surface area contributed by atoms with Gasteiger partial charge in [-0.3, -0.25) is 4.57 Å². The highest BCUT2D eigenvalue weighted by molar-refractivity contribution is 7.78. The standard InChI is InChI=1S/C15H24BO6P/c16-23(19,20)21-7-11-12(17)13(18)14(22-11)15-4-8-1-9(5-15)3-10(2-8)6-15/h8-14,17-18H,1-7H2,(H,19,20). The van der Waals surface area contributed by atoms with Gasteiger partial charge in [0.1, 0.15) is 18.3 Å². The molecule has 4 bridgehead atoms. The molecule has 0 spiro atoms. The molecule has 4 saturated carbocycles. The van der Waals surface area contributed by atoms with Gasteiger partial charge in [0.2, 0.25) is 7.57 Å². The molecule has 5 aliphatic rings. The SMILES string of the molecule is [B]P(=O)(O)OCC1OC(C23CC4CC(CC(C4)C2)C3)C(O)C1O. The molecule has 128 valence electrons. The van der Waals surface area contributed by atoms with Gasteiger partial charge in [-0.2, -0.15) is 0 Å². The molecule has 0 aromatic heterocycles. The lowest BCUT2D eigenvalue weighted by molar-refractivity contribution is -0.158. The summed E-state index contributed by atoms with van der Waals surface area (Å²) in [4.78, 5) is 9.04. The molecule has 6 nitrogen and oxygen atoms in total. The second kappa shape index (κ2) is 5.55. The van der Waals surface area contributed by atoms with Crippen LogP contribution in [-0.4, -0.2) is 53.7 Å². The van der Waals surface area contributed by atoms with Crippen molar-refractivity contribution in [2.75, 3.05) is 6.61 Å². The summed E-state index contributed by atoms with van der Waals surface area (Å²) in [5, 5.41) is 20.8. The Morgan fingerprint density at radius 1 is 1.09 bits per heavy atom. The van der Waals surface area contributed by atoms with Crippen LogP contribution in [0.1, 0.15) is 38.5 Å². The predicted octanol–water partition coefficient (Wildman–Crippen LogP) is 0.977. The fraction of sp³-hybridized carbons (Fsp3) is 1.00. The molecule has 5 rings (SSSR count). The van der Waals surface area contributed by atoms with E-state index in [4.69, 9.17) is 21.7 Å². The highest BCUT2D eigenvalue weighted by Gasteiger charge is 2.60. The summed E-state index contributed by atoms with van der Waals surface area (Å²) >= 11 is 0. The first kappa shape index (κ1) is 16.6. The van der Waals surface area contributed by atoms with Crippen LogP contribution in [0.5, 0.6) is 0 Å². The van der Waals surface area contributed by atoms with Gasteiger partial charge in [0, 0.05) is 5.41 Å². The lowest BCUT2D eigenvalue weighted by atomic mass is 9.48. The van der Waals surface area contributed by atoms with Crippen LogP contribution in [0.25, 0.3) is 0 Å². The van der Waals surface area contributed by atoms with Crippen LogP contribution in [0.4, 0.5) is 0 Å². The summed E-state index contributed by atoms with van der Waals surface area (Å²) in [6.07, 6.45) is 3.70. The zero-order valence-electron chi connectivity index (χ0n) is 13.1. The van der Waals surface area contributed by atoms with E-state index < -0.39 is 31.9 Å². The highest BCUT2D eigenvalue weighted by atomic mass is 31.2. The van der Waals surface area contributed by atoms with Crippen LogP contribution in [0.3, 0.4) is 0 Å². The van der Waals surface area contributed by atoms with Gasteiger partial charge in [0.25, 0.3) is 7.47 Å². The number of aliphatic hydroxyl groups is 2. The van der Waals surface area contributed by atoms with Crippen molar-refractivity contribution in [1.82, 2.24) is 0 Å². The van der Waals surface area contributed by atoms with Gasteiger partial charge in [-0.1, -0.05) is 0 Å². The summed E-state index contributed by atoms with van der Waals surface area (Å²) in [5.74, 6) is 2.14. The van der Waals surface area contributed by atoms with E-state index in [1.165, 1.54) is 19.3 Å². The van der Waals surface area contributed by atoms with Gasteiger partial charge in [0.15, 0.2) is 0 Å². The lowest BCUT2D eigenvalue weighted by Crippen LogP contribution is -2.54. The Balaban J connectivity index is 1.50. The maximum atomic E-state index is 11.1. The van der Waals surface area contributed by atoms with Crippen LogP contribution < -0.4 is 0 Å². The van der Waals surface area contributed by atoms with Crippen molar-refractivity contribution < 1.29 is 28.9 Å². The van der Waals surface area contributed by atoms with E-state index in [2.05, 4.69) is 0 Å². The third-order valence-corrected chi connectivity index (χ3v) is 6.99. The first-order valence-corrected chi connectivity index (χ1v) is 10.2. The molecule has 8 heteroatoms.